The summed E-state index contributed by atoms with van der Waals surface area (Å²) in [4.78, 5) is 4.25. The van der Waals surface area contributed by atoms with Gasteiger partial charge in [-0.3, -0.25) is 4.99 Å². The van der Waals surface area contributed by atoms with Crippen LogP contribution >= 0.6 is 35.7 Å². The quantitative estimate of drug-likeness (QED) is 0.212. The van der Waals surface area contributed by atoms with Gasteiger partial charge in [0, 0.05) is 32.1 Å². The summed E-state index contributed by atoms with van der Waals surface area (Å²) in [5.74, 6) is 2.50. The number of rotatable bonds is 7. The van der Waals surface area contributed by atoms with Crippen molar-refractivity contribution < 1.29 is 0 Å². The van der Waals surface area contributed by atoms with Crippen molar-refractivity contribution in [1.82, 2.24) is 25.4 Å². The van der Waals surface area contributed by atoms with Crippen molar-refractivity contribution in [2.45, 2.75) is 64.7 Å². The molecule has 0 aliphatic heterocycles. The van der Waals surface area contributed by atoms with E-state index in [-0.39, 0.29) is 29.5 Å². The van der Waals surface area contributed by atoms with Gasteiger partial charge in [-0.2, -0.15) is 0 Å². The van der Waals surface area contributed by atoms with Crippen LogP contribution in [-0.4, -0.2) is 46.1 Å². The molecule has 0 atom stereocenters. The van der Waals surface area contributed by atoms with E-state index in [1.165, 1.54) is 0 Å². The molecule has 0 aliphatic carbocycles. The van der Waals surface area contributed by atoms with Gasteiger partial charge in [0.1, 0.15) is 5.82 Å². The first-order chi connectivity index (χ1) is 10.8. The van der Waals surface area contributed by atoms with Crippen molar-refractivity contribution in [3.05, 3.63) is 5.82 Å². The number of aromatic nitrogens is 3. The van der Waals surface area contributed by atoms with Gasteiger partial charge in [-0.15, -0.1) is 34.2 Å². The molecule has 0 bridgehead atoms. The summed E-state index contributed by atoms with van der Waals surface area (Å²) in [6, 6.07) is 0. The summed E-state index contributed by atoms with van der Waals surface area (Å²) in [6.45, 7) is 12.6. The number of guanidine groups is 1. The smallest absolute Gasteiger partial charge is 0.191 e. The second-order valence-corrected chi connectivity index (χ2v) is 7.86. The minimum Gasteiger partial charge on any atom is -0.356 e. The predicted molar refractivity (Wildman–Crippen MR) is 115 cm³/mol. The van der Waals surface area contributed by atoms with E-state index in [0.29, 0.717) is 5.92 Å². The first-order valence-electron chi connectivity index (χ1n) is 8.21. The lowest BCUT2D eigenvalue weighted by Gasteiger charge is -2.23. The van der Waals surface area contributed by atoms with Gasteiger partial charge >= 0.3 is 0 Å². The van der Waals surface area contributed by atoms with Gasteiger partial charge in [0.05, 0.1) is 0 Å². The topological polar surface area (TPSA) is 67.1 Å². The third kappa shape index (κ3) is 8.55. The molecule has 0 fully saturated rings. The molecule has 24 heavy (non-hydrogen) atoms. The van der Waals surface area contributed by atoms with Crippen LogP contribution in [0.5, 0.6) is 0 Å². The molecule has 6 nitrogen and oxygen atoms in total. The normalized spacial score (nSPS) is 12.2. The van der Waals surface area contributed by atoms with E-state index in [2.05, 4.69) is 65.0 Å². The van der Waals surface area contributed by atoms with Crippen LogP contribution in [0.1, 0.15) is 46.9 Å². The molecular formula is C16H33IN6S. The Morgan fingerprint density at radius 3 is 2.46 bits per heavy atom. The summed E-state index contributed by atoms with van der Waals surface area (Å²) in [6.07, 6.45) is 3.96. The number of halogens is 1. The highest BCUT2D eigenvalue weighted by Gasteiger charge is 2.13. The Morgan fingerprint density at radius 1 is 1.29 bits per heavy atom. The fourth-order valence-corrected chi connectivity index (χ4v) is 2.71. The van der Waals surface area contributed by atoms with Crippen molar-refractivity contribution in [2.75, 3.05) is 19.8 Å². The molecule has 0 aromatic carbocycles. The molecule has 1 aromatic heterocycles. The van der Waals surface area contributed by atoms with Crippen LogP contribution in [0.15, 0.2) is 10.1 Å². The molecular weight excluding hydrogens is 435 g/mol. The summed E-state index contributed by atoms with van der Waals surface area (Å²) >= 11 is 1.66. The molecule has 1 heterocycles. The maximum Gasteiger partial charge on any atom is 0.191 e. The Morgan fingerprint density at radius 2 is 1.96 bits per heavy atom. The van der Waals surface area contributed by atoms with E-state index in [9.17, 15) is 0 Å². The average Bonchev–Trinajstić information content (AvgIpc) is 2.82. The van der Waals surface area contributed by atoms with E-state index in [0.717, 1.165) is 42.9 Å². The number of thioether (sulfide) groups is 1. The first-order valence-corrected chi connectivity index (χ1v) is 9.44. The minimum atomic E-state index is 0. The Labute approximate surface area is 168 Å². The van der Waals surface area contributed by atoms with Crippen LogP contribution in [0.25, 0.3) is 0 Å². The number of nitrogens with zero attached hydrogens (tertiary/aromatic N) is 4. The summed E-state index contributed by atoms with van der Waals surface area (Å²) < 4.78 is 2.25. The zero-order chi connectivity index (χ0) is 17.5. The molecule has 2 N–H and O–H groups in total. The van der Waals surface area contributed by atoms with Gasteiger partial charge in [-0.25, -0.2) is 0 Å². The van der Waals surface area contributed by atoms with Crippen LogP contribution in [0, 0.1) is 5.92 Å². The molecule has 0 saturated carbocycles. The van der Waals surface area contributed by atoms with E-state index >= 15 is 0 Å². The zero-order valence-electron chi connectivity index (χ0n) is 16.0. The highest BCUT2D eigenvalue weighted by Crippen LogP contribution is 2.16. The Hall–Kier alpha value is -0.510. The molecule has 0 amide bonds. The first kappa shape index (κ1) is 23.5. The SMILES string of the molecule is CN=C(NCCCc1nnc(SC)n1CC(C)C)NC(C)(C)C.I. The van der Waals surface area contributed by atoms with Crippen LogP contribution in [0.3, 0.4) is 0 Å². The lowest BCUT2D eigenvalue weighted by atomic mass is 10.1. The average molecular weight is 468 g/mol. The van der Waals surface area contributed by atoms with E-state index in [4.69, 9.17) is 0 Å². The fourth-order valence-electron chi connectivity index (χ4n) is 2.19. The number of hydrogen-bond donors (Lipinski definition) is 2. The zero-order valence-corrected chi connectivity index (χ0v) is 19.2. The predicted octanol–water partition coefficient (Wildman–Crippen LogP) is 3.17. The van der Waals surface area contributed by atoms with Crippen molar-refractivity contribution in [2.24, 2.45) is 10.9 Å². The lowest BCUT2D eigenvalue weighted by Crippen LogP contribution is -2.47. The molecule has 1 aromatic rings. The molecule has 0 spiro atoms. The van der Waals surface area contributed by atoms with Gasteiger partial charge in [-0.1, -0.05) is 25.6 Å². The van der Waals surface area contributed by atoms with Gasteiger partial charge in [-0.05, 0) is 39.4 Å². The van der Waals surface area contributed by atoms with Gasteiger partial charge in [0.15, 0.2) is 11.1 Å². The third-order valence-electron chi connectivity index (χ3n) is 3.11. The van der Waals surface area contributed by atoms with E-state index in [1.807, 2.05) is 6.26 Å². The number of nitrogens with one attached hydrogen (secondary N) is 2. The van der Waals surface area contributed by atoms with Crippen molar-refractivity contribution in [3.63, 3.8) is 0 Å². The number of aryl methyl sites for hydroxylation is 1. The molecule has 0 aliphatic rings. The summed E-state index contributed by atoms with van der Waals surface area (Å²) in [5, 5.41) is 16.4. The highest BCUT2D eigenvalue weighted by molar-refractivity contribution is 14.0. The van der Waals surface area contributed by atoms with Crippen LogP contribution in [0.4, 0.5) is 0 Å². The van der Waals surface area contributed by atoms with Crippen LogP contribution < -0.4 is 10.6 Å². The standard InChI is InChI=1S/C16H32N6S.HI/c1-12(2)11-22-13(20-21-15(22)23-7)9-8-10-18-14(17-6)19-16(3,4)5;/h12H,8-11H2,1-7H3,(H2,17,18,19);1H. The fraction of sp³-hybridized carbons (Fsp3) is 0.812. The lowest BCUT2D eigenvalue weighted by molar-refractivity contribution is 0.476. The van der Waals surface area contributed by atoms with Crippen molar-refractivity contribution >= 4 is 41.7 Å². The largest absolute Gasteiger partial charge is 0.356 e. The van der Waals surface area contributed by atoms with Gasteiger partial charge in [0.2, 0.25) is 0 Å². The molecule has 0 unspecified atom stereocenters. The van der Waals surface area contributed by atoms with E-state index < -0.39 is 0 Å². The Balaban J connectivity index is 0.00000529. The second kappa shape index (κ2) is 11.2. The van der Waals surface area contributed by atoms with E-state index in [1.54, 1.807) is 18.8 Å². The van der Waals surface area contributed by atoms with Crippen molar-refractivity contribution in [3.8, 4) is 0 Å². The van der Waals surface area contributed by atoms with Crippen LogP contribution in [-0.2, 0) is 13.0 Å². The maximum absolute atomic E-state index is 4.35. The summed E-state index contributed by atoms with van der Waals surface area (Å²) in [7, 11) is 1.80. The van der Waals surface area contributed by atoms with Crippen LogP contribution in [0.2, 0.25) is 0 Å². The Kier molecular flexibility index (Phi) is 10.9. The van der Waals surface area contributed by atoms with Gasteiger partial charge < -0.3 is 15.2 Å². The molecule has 140 valence electrons. The maximum atomic E-state index is 4.35. The minimum absolute atomic E-state index is 0. The monoisotopic (exact) mass is 468 g/mol. The van der Waals surface area contributed by atoms with Gasteiger partial charge in [0.25, 0.3) is 0 Å². The molecule has 0 radical (unpaired) electrons. The highest BCUT2D eigenvalue weighted by atomic mass is 127. The molecule has 8 heteroatoms. The van der Waals surface area contributed by atoms with Crippen molar-refractivity contribution in [1.29, 1.82) is 0 Å². The third-order valence-corrected chi connectivity index (χ3v) is 3.78. The molecule has 1 rings (SSSR count). The second-order valence-electron chi connectivity index (χ2n) is 7.08. The molecule has 0 saturated heterocycles. The summed E-state index contributed by atoms with van der Waals surface area (Å²) in [5.41, 5.74) is 0.00648. The Bertz CT molecular complexity index is 507. The number of hydrogen-bond acceptors (Lipinski definition) is 4. The number of aliphatic imine (C=N–C) groups is 1.